The summed E-state index contributed by atoms with van der Waals surface area (Å²) in [6.07, 6.45) is 2.42. The van der Waals surface area contributed by atoms with Crippen LogP contribution in [0.1, 0.15) is 40.0 Å². The van der Waals surface area contributed by atoms with Crippen LogP contribution in [0.15, 0.2) is 0 Å². The van der Waals surface area contributed by atoms with Gasteiger partial charge in [-0.25, -0.2) is 0 Å². The maximum absolute atomic E-state index is 12.4. The predicted molar refractivity (Wildman–Crippen MR) is 84.0 cm³/mol. The molecule has 0 saturated carbocycles. The number of nitrogens with two attached hydrogens (primary N) is 1. The summed E-state index contributed by atoms with van der Waals surface area (Å²) in [6.45, 7) is 8.59. The number of likely N-dealkylation sites (tertiary alicyclic amines) is 1. The maximum Gasteiger partial charge on any atom is 0.222 e. The molecule has 0 aliphatic carbocycles. The van der Waals surface area contributed by atoms with Gasteiger partial charge in [-0.15, -0.1) is 0 Å². The third-order valence-corrected chi connectivity index (χ3v) is 4.62. The van der Waals surface area contributed by atoms with Gasteiger partial charge in [0.1, 0.15) is 12.2 Å². The zero-order valence-electron chi connectivity index (χ0n) is 14.2. The number of carbonyl (C=O) groups is 1. The second-order valence-electron chi connectivity index (χ2n) is 7.03. The second kappa shape index (κ2) is 8.11. The fourth-order valence-electron chi connectivity index (χ4n) is 3.07. The van der Waals surface area contributed by atoms with Crippen LogP contribution in [0.3, 0.4) is 0 Å². The first-order chi connectivity index (χ1) is 9.83. The van der Waals surface area contributed by atoms with Gasteiger partial charge in [0.15, 0.2) is 0 Å². The molecule has 1 heterocycles. The molecule has 5 heteroatoms. The van der Waals surface area contributed by atoms with E-state index in [-0.39, 0.29) is 23.5 Å². The van der Waals surface area contributed by atoms with Gasteiger partial charge in [-0.1, -0.05) is 20.8 Å². The number of hydrogen-bond donors (Lipinski definition) is 1. The van der Waals surface area contributed by atoms with Gasteiger partial charge in [0.25, 0.3) is 0 Å². The molecule has 1 aliphatic rings. The number of carbonyl (C=O) groups excluding carboxylic acids is 1. The van der Waals surface area contributed by atoms with Gasteiger partial charge >= 0.3 is 0 Å². The van der Waals surface area contributed by atoms with Crippen molar-refractivity contribution in [3.63, 3.8) is 0 Å². The largest absolute Gasteiger partial charge is 0.377 e. The van der Waals surface area contributed by atoms with Crippen molar-refractivity contribution in [3.05, 3.63) is 0 Å². The van der Waals surface area contributed by atoms with E-state index in [1.54, 1.807) is 14.2 Å². The number of ether oxygens (including phenoxy) is 2. The summed E-state index contributed by atoms with van der Waals surface area (Å²) < 4.78 is 10.8. The lowest BCUT2D eigenvalue weighted by molar-refractivity contribution is -0.131. The highest BCUT2D eigenvalue weighted by Crippen LogP contribution is 2.32. The minimum absolute atomic E-state index is 0.0126. The number of methoxy groups -OCH3 is 2. The highest BCUT2D eigenvalue weighted by Gasteiger charge is 2.35. The Hall–Kier alpha value is -0.650. The molecule has 0 aromatic carbocycles. The summed E-state index contributed by atoms with van der Waals surface area (Å²) in [6, 6.07) is 0. The Bertz CT molecular complexity index is 316. The number of rotatable bonds is 7. The minimum Gasteiger partial charge on any atom is -0.377 e. The molecule has 3 atom stereocenters. The van der Waals surface area contributed by atoms with E-state index in [0.717, 1.165) is 12.8 Å². The van der Waals surface area contributed by atoms with Crippen molar-refractivity contribution >= 4 is 5.91 Å². The van der Waals surface area contributed by atoms with Crippen molar-refractivity contribution in [2.75, 3.05) is 33.9 Å². The summed E-state index contributed by atoms with van der Waals surface area (Å²) in [5, 5.41) is 0. The Balaban J connectivity index is 2.50. The molecule has 0 aromatic heterocycles. The summed E-state index contributed by atoms with van der Waals surface area (Å²) in [7, 11) is 3.34. The van der Waals surface area contributed by atoms with E-state index in [4.69, 9.17) is 15.2 Å². The van der Waals surface area contributed by atoms with E-state index < -0.39 is 0 Å². The van der Waals surface area contributed by atoms with Gasteiger partial charge in [0.05, 0.1) is 0 Å². The monoisotopic (exact) mass is 300 g/mol. The first kappa shape index (κ1) is 18.4. The lowest BCUT2D eigenvalue weighted by atomic mass is 9.76. The minimum atomic E-state index is -0.0126. The molecule has 124 valence electrons. The topological polar surface area (TPSA) is 64.8 Å². The number of nitrogens with zero attached hydrogens (tertiary/aromatic N) is 1. The molecule has 21 heavy (non-hydrogen) atoms. The molecule has 1 amide bonds. The Morgan fingerprint density at radius 2 is 1.71 bits per heavy atom. The SMILES string of the molecule is COC1CN(C(=O)CCC(CCN)C(C)(C)C)CC1OC. The van der Waals surface area contributed by atoms with Crippen LogP contribution in [0.25, 0.3) is 0 Å². The highest BCUT2D eigenvalue weighted by molar-refractivity contribution is 5.76. The number of amides is 1. The summed E-state index contributed by atoms with van der Waals surface area (Å²) in [5.74, 6) is 0.674. The molecule has 5 nitrogen and oxygen atoms in total. The van der Waals surface area contributed by atoms with Crippen molar-refractivity contribution in [1.82, 2.24) is 4.90 Å². The lowest BCUT2D eigenvalue weighted by Gasteiger charge is -2.31. The van der Waals surface area contributed by atoms with Crippen molar-refractivity contribution in [2.45, 2.75) is 52.2 Å². The van der Waals surface area contributed by atoms with E-state index in [2.05, 4.69) is 20.8 Å². The van der Waals surface area contributed by atoms with Crippen LogP contribution in [0.4, 0.5) is 0 Å². The molecule has 2 N–H and O–H groups in total. The molecular weight excluding hydrogens is 268 g/mol. The summed E-state index contributed by atoms with van der Waals surface area (Å²) in [5.41, 5.74) is 5.89. The Labute approximate surface area is 129 Å². The lowest BCUT2D eigenvalue weighted by Crippen LogP contribution is -2.31. The van der Waals surface area contributed by atoms with Crippen molar-refractivity contribution < 1.29 is 14.3 Å². The van der Waals surface area contributed by atoms with Crippen LogP contribution in [0, 0.1) is 11.3 Å². The third kappa shape index (κ3) is 5.24. The molecule has 1 fully saturated rings. The molecule has 0 radical (unpaired) electrons. The van der Waals surface area contributed by atoms with Crippen LogP contribution in [-0.4, -0.2) is 56.9 Å². The maximum atomic E-state index is 12.4. The van der Waals surface area contributed by atoms with Crippen molar-refractivity contribution in [3.8, 4) is 0 Å². The first-order valence-electron chi connectivity index (χ1n) is 7.86. The smallest absolute Gasteiger partial charge is 0.222 e. The van der Waals surface area contributed by atoms with Crippen LogP contribution >= 0.6 is 0 Å². The van der Waals surface area contributed by atoms with Gasteiger partial charge in [-0.2, -0.15) is 0 Å². The van der Waals surface area contributed by atoms with Gasteiger partial charge < -0.3 is 20.1 Å². The predicted octanol–water partition coefficient (Wildman–Crippen LogP) is 1.65. The molecule has 0 aromatic rings. The molecule has 3 unspecified atom stereocenters. The average molecular weight is 300 g/mol. The standard InChI is InChI=1S/C16H32N2O3/c1-16(2,3)12(8-9-17)6-7-15(19)18-10-13(20-4)14(11-18)21-5/h12-14H,6-11,17H2,1-5H3. The average Bonchev–Trinajstić information content (AvgIpc) is 2.85. The molecule has 0 spiro atoms. The Kier molecular flexibility index (Phi) is 7.10. The Morgan fingerprint density at radius 1 is 1.19 bits per heavy atom. The van der Waals surface area contributed by atoms with E-state index >= 15 is 0 Å². The van der Waals surface area contributed by atoms with Crippen molar-refractivity contribution in [1.29, 1.82) is 0 Å². The molecule has 0 bridgehead atoms. The van der Waals surface area contributed by atoms with E-state index in [9.17, 15) is 4.79 Å². The molecular formula is C16H32N2O3. The molecule has 1 rings (SSSR count). The van der Waals surface area contributed by atoms with Gasteiger partial charge in [0.2, 0.25) is 5.91 Å². The van der Waals surface area contributed by atoms with Crippen molar-refractivity contribution in [2.24, 2.45) is 17.1 Å². The number of hydrogen-bond acceptors (Lipinski definition) is 4. The third-order valence-electron chi connectivity index (χ3n) is 4.62. The first-order valence-corrected chi connectivity index (χ1v) is 7.86. The van der Waals surface area contributed by atoms with E-state index in [0.29, 0.717) is 32.0 Å². The fourth-order valence-corrected chi connectivity index (χ4v) is 3.07. The van der Waals surface area contributed by atoms with Crippen LogP contribution < -0.4 is 5.73 Å². The summed E-state index contributed by atoms with van der Waals surface area (Å²) >= 11 is 0. The summed E-state index contributed by atoms with van der Waals surface area (Å²) in [4.78, 5) is 14.3. The van der Waals surface area contributed by atoms with E-state index in [1.165, 1.54) is 0 Å². The van der Waals surface area contributed by atoms with Gasteiger partial charge in [-0.05, 0) is 30.7 Å². The molecule has 1 aliphatic heterocycles. The Morgan fingerprint density at radius 3 is 2.10 bits per heavy atom. The zero-order valence-corrected chi connectivity index (χ0v) is 14.2. The van der Waals surface area contributed by atoms with Gasteiger partial charge in [0, 0.05) is 33.7 Å². The van der Waals surface area contributed by atoms with Gasteiger partial charge in [-0.3, -0.25) is 4.79 Å². The zero-order chi connectivity index (χ0) is 16.0. The normalized spacial score (nSPS) is 24.4. The van der Waals surface area contributed by atoms with E-state index in [1.807, 2.05) is 4.90 Å². The van der Waals surface area contributed by atoms with Crippen LogP contribution in [0.5, 0.6) is 0 Å². The molecule has 1 saturated heterocycles. The van der Waals surface area contributed by atoms with Crippen LogP contribution in [-0.2, 0) is 14.3 Å². The quantitative estimate of drug-likeness (QED) is 0.776. The second-order valence-corrected chi connectivity index (χ2v) is 7.03. The highest BCUT2D eigenvalue weighted by atomic mass is 16.5. The van der Waals surface area contributed by atoms with Crippen LogP contribution in [0.2, 0.25) is 0 Å². The fraction of sp³-hybridized carbons (Fsp3) is 0.938.